The van der Waals surface area contributed by atoms with E-state index in [2.05, 4.69) is 5.32 Å². The van der Waals surface area contributed by atoms with E-state index in [9.17, 15) is 24.1 Å². The zero-order valence-corrected chi connectivity index (χ0v) is 15.1. The van der Waals surface area contributed by atoms with Crippen LogP contribution in [0.3, 0.4) is 0 Å². The van der Waals surface area contributed by atoms with Crippen molar-refractivity contribution >= 4 is 52.1 Å². The van der Waals surface area contributed by atoms with Gasteiger partial charge in [-0.05, 0) is 30.3 Å². The first-order chi connectivity index (χ1) is 12.8. The molecule has 10 heteroatoms. The number of hydrogen-bond donors (Lipinski definition) is 1. The van der Waals surface area contributed by atoms with E-state index in [0.717, 1.165) is 12.1 Å². The fourth-order valence-corrected chi connectivity index (χ4v) is 3.22. The molecule has 1 fully saturated rings. The highest BCUT2D eigenvalue weighted by molar-refractivity contribution is 6.36. The zero-order chi connectivity index (χ0) is 19.7. The van der Waals surface area contributed by atoms with Crippen molar-refractivity contribution in [2.24, 2.45) is 5.92 Å². The second-order valence-corrected chi connectivity index (χ2v) is 6.76. The molecule has 2 aromatic carbocycles. The molecular formula is C17H12Cl2FN3O4. The van der Waals surface area contributed by atoms with Crippen LogP contribution >= 0.6 is 23.2 Å². The molecule has 140 valence electrons. The number of anilines is 2. The Hall–Kier alpha value is -2.71. The van der Waals surface area contributed by atoms with Crippen molar-refractivity contribution in [2.75, 3.05) is 16.8 Å². The lowest BCUT2D eigenvalue weighted by atomic mass is 10.1. The van der Waals surface area contributed by atoms with Crippen molar-refractivity contribution in [1.82, 2.24) is 0 Å². The van der Waals surface area contributed by atoms with Crippen LogP contribution in [-0.2, 0) is 9.59 Å². The van der Waals surface area contributed by atoms with Gasteiger partial charge in [0.2, 0.25) is 17.6 Å². The summed E-state index contributed by atoms with van der Waals surface area (Å²) in [5, 5.41) is 14.2. The maximum atomic E-state index is 13.5. The van der Waals surface area contributed by atoms with Crippen LogP contribution in [0, 0.1) is 21.8 Å². The molecule has 0 saturated carbocycles. The summed E-state index contributed by atoms with van der Waals surface area (Å²) in [5.41, 5.74) is -0.219. The number of rotatable bonds is 4. The van der Waals surface area contributed by atoms with E-state index < -0.39 is 34.2 Å². The smallest absolute Gasteiger partial charge is 0.306 e. The molecule has 0 aliphatic carbocycles. The summed E-state index contributed by atoms with van der Waals surface area (Å²) < 4.78 is 13.5. The van der Waals surface area contributed by atoms with Crippen molar-refractivity contribution in [1.29, 1.82) is 0 Å². The van der Waals surface area contributed by atoms with Crippen molar-refractivity contribution in [3.05, 3.63) is 62.4 Å². The zero-order valence-electron chi connectivity index (χ0n) is 13.6. The van der Waals surface area contributed by atoms with E-state index in [1.54, 1.807) is 12.1 Å². The normalized spacial score (nSPS) is 16.5. The second-order valence-electron chi connectivity index (χ2n) is 5.91. The molecule has 1 N–H and O–H groups in total. The van der Waals surface area contributed by atoms with Crippen LogP contribution in [0.5, 0.6) is 0 Å². The minimum absolute atomic E-state index is 0.0126. The van der Waals surface area contributed by atoms with Gasteiger partial charge in [-0.2, -0.15) is 4.39 Å². The molecule has 0 bridgehead atoms. The number of halogens is 3. The third-order valence-corrected chi connectivity index (χ3v) is 4.67. The second kappa shape index (κ2) is 7.50. The van der Waals surface area contributed by atoms with Crippen LogP contribution in [0.25, 0.3) is 0 Å². The largest absolute Gasteiger partial charge is 0.324 e. The molecule has 3 rings (SSSR count). The quantitative estimate of drug-likeness (QED) is 0.606. The highest BCUT2D eigenvalue weighted by Crippen LogP contribution is 2.31. The van der Waals surface area contributed by atoms with E-state index in [4.69, 9.17) is 23.2 Å². The first-order valence-electron chi connectivity index (χ1n) is 7.76. The molecular weight excluding hydrogens is 400 g/mol. The van der Waals surface area contributed by atoms with Crippen LogP contribution < -0.4 is 10.2 Å². The first kappa shape index (κ1) is 19.1. The summed E-state index contributed by atoms with van der Waals surface area (Å²) in [6, 6.07) is 7.73. The lowest BCUT2D eigenvalue weighted by Crippen LogP contribution is -2.28. The third kappa shape index (κ3) is 4.01. The van der Waals surface area contributed by atoms with E-state index in [0.29, 0.717) is 10.7 Å². The number of nitro groups is 1. The SMILES string of the molecule is O=C(Nc1ccc(Cl)cc1Cl)C1CC(=O)N(c2ccc(F)c([N+](=O)[O-])c2)C1. The predicted octanol–water partition coefficient (Wildman–Crippen LogP) is 4.03. The molecule has 0 spiro atoms. The lowest BCUT2D eigenvalue weighted by Gasteiger charge is -2.17. The standard InChI is InChI=1S/C17H12Cl2FN3O4/c18-10-1-4-14(12(19)6-10)21-17(25)9-5-16(24)22(8-9)11-2-3-13(20)15(7-11)23(26)27/h1-4,6-7,9H,5,8H2,(H,21,25). The van der Waals surface area contributed by atoms with Crippen molar-refractivity contribution in [3.8, 4) is 0 Å². The van der Waals surface area contributed by atoms with E-state index in [1.165, 1.54) is 17.0 Å². The Labute approximate surface area is 162 Å². The van der Waals surface area contributed by atoms with Gasteiger partial charge in [-0.3, -0.25) is 19.7 Å². The molecule has 0 aromatic heterocycles. The van der Waals surface area contributed by atoms with Gasteiger partial charge < -0.3 is 10.2 Å². The van der Waals surface area contributed by atoms with Gasteiger partial charge in [-0.25, -0.2) is 0 Å². The summed E-state index contributed by atoms with van der Waals surface area (Å²) in [4.78, 5) is 35.9. The highest BCUT2D eigenvalue weighted by atomic mass is 35.5. The average molecular weight is 412 g/mol. The topological polar surface area (TPSA) is 92.6 Å². The van der Waals surface area contributed by atoms with Crippen LogP contribution in [0.4, 0.5) is 21.5 Å². The molecule has 27 heavy (non-hydrogen) atoms. The van der Waals surface area contributed by atoms with Crippen LogP contribution in [0.1, 0.15) is 6.42 Å². The maximum absolute atomic E-state index is 13.5. The van der Waals surface area contributed by atoms with Crippen LogP contribution in [-0.4, -0.2) is 23.3 Å². The number of amides is 2. The Morgan fingerprint density at radius 2 is 2.00 bits per heavy atom. The summed E-state index contributed by atoms with van der Waals surface area (Å²) in [5.74, 6) is -2.50. The van der Waals surface area contributed by atoms with Gasteiger partial charge in [0.25, 0.3) is 0 Å². The Morgan fingerprint density at radius 3 is 2.67 bits per heavy atom. The molecule has 1 unspecified atom stereocenters. The predicted molar refractivity (Wildman–Crippen MR) is 98.6 cm³/mol. The maximum Gasteiger partial charge on any atom is 0.306 e. The van der Waals surface area contributed by atoms with Gasteiger partial charge in [-0.1, -0.05) is 23.2 Å². The molecule has 0 radical (unpaired) electrons. The van der Waals surface area contributed by atoms with Crippen LogP contribution in [0.2, 0.25) is 10.0 Å². The minimum Gasteiger partial charge on any atom is -0.324 e. The van der Waals surface area contributed by atoms with Gasteiger partial charge >= 0.3 is 5.69 Å². The number of benzene rings is 2. The number of nitro benzene ring substituents is 1. The Kier molecular flexibility index (Phi) is 5.29. The van der Waals surface area contributed by atoms with E-state index >= 15 is 0 Å². The van der Waals surface area contributed by atoms with Gasteiger partial charge in [0.1, 0.15) is 0 Å². The lowest BCUT2D eigenvalue weighted by molar-refractivity contribution is -0.387. The Bertz CT molecular complexity index is 954. The van der Waals surface area contributed by atoms with Crippen LogP contribution in [0.15, 0.2) is 36.4 Å². The number of nitrogens with zero attached hydrogens (tertiary/aromatic N) is 2. The molecule has 7 nitrogen and oxygen atoms in total. The summed E-state index contributed by atoms with van der Waals surface area (Å²) in [6.07, 6.45) is -0.0811. The molecule has 1 aliphatic rings. The van der Waals surface area contributed by atoms with Gasteiger partial charge in [0, 0.05) is 24.1 Å². The summed E-state index contributed by atoms with van der Waals surface area (Å²) >= 11 is 11.8. The monoisotopic (exact) mass is 411 g/mol. The minimum atomic E-state index is -0.998. The van der Waals surface area contributed by atoms with Gasteiger partial charge in [-0.15, -0.1) is 0 Å². The third-order valence-electron chi connectivity index (χ3n) is 4.12. The summed E-state index contributed by atoms with van der Waals surface area (Å²) in [6.45, 7) is 0.0126. The molecule has 1 heterocycles. The molecule has 1 aliphatic heterocycles. The Balaban J connectivity index is 1.76. The van der Waals surface area contributed by atoms with E-state index in [-0.39, 0.29) is 23.7 Å². The van der Waals surface area contributed by atoms with Gasteiger partial charge in [0.05, 0.1) is 27.2 Å². The number of carbonyl (C=O) groups excluding carboxylic acids is 2. The highest BCUT2D eigenvalue weighted by Gasteiger charge is 2.36. The van der Waals surface area contributed by atoms with Crippen molar-refractivity contribution < 1.29 is 18.9 Å². The summed E-state index contributed by atoms with van der Waals surface area (Å²) in [7, 11) is 0. The number of nitrogens with one attached hydrogen (secondary N) is 1. The molecule has 1 atom stereocenters. The van der Waals surface area contributed by atoms with Crippen molar-refractivity contribution in [3.63, 3.8) is 0 Å². The number of carbonyl (C=O) groups is 2. The molecule has 2 amide bonds. The molecule has 1 saturated heterocycles. The van der Waals surface area contributed by atoms with E-state index in [1.807, 2.05) is 0 Å². The number of hydrogen-bond acceptors (Lipinski definition) is 4. The molecule has 2 aromatic rings. The Morgan fingerprint density at radius 1 is 1.26 bits per heavy atom. The fourth-order valence-electron chi connectivity index (χ4n) is 2.77. The van der Waals surface area contributed by atoms with Gasteiger partial charge in [0.15, 0.2) is 0 Å². The fraction of sp³-hybridized carbons (Fsp3) is 0.176. The average Bonchev–Trinajstić information content (AvgIpc) is 2.99. The van der Waals surface area contributed by atoms with Crippen molar-refractivity contribution in [2.45, 2.75) is 6.42 Å². The first-order valence-corrected chi connectivity index (χ1v) is 8.52.